The predicted octanol–water partition coefficient (Wildman–Crippen LogP) is 2.44. The first-order valence-electron chi connectivity index (χ1n) is 7.11. The van der Waals surface area contributed by atoms with Crippen molar-refractivity contribution in [2.45, 2.75) is 38.9 Å². The molecule has 1 aliphatic rings. The van der Waals surface area contributed by atoms with Crippen molar-refractivity contribution in [3.63, 3.8) is 0 Å². The van der Waals surface area contributed by atoms with Crippen molar-refractivity contribution in [3.05, 3.63) is 42.9 Å². The van der Waals surface area contributed by atoms with E-state index < -0.39 is 7.12 Å². The molecule has 0 radical (unpaired) electrons. The van der Waals surface area contributed by atoms with Crippen LogP contribution in [-0.2, 0) is 9.31 Å². The molecular formula is C16H19BN2O2. The van der Waals surface area contributed by atoms with E-state index in [0.717, 1.165) is 16.7 Å². The lowest BCUT2D eigenvalue weighted by molar-refractivity contribution is 0.00578. The third kappa shape index (κ3) is 2.59. The van der Waals surface area contributed by atoms with Crippen molar-refractivity contribution in [1.82, 2.24) is 9.97 Å². The van der Waals surface area contributed by atoms with Gasteiger partial charge in [-0.2, -0.15) is 0 Å². The van der Waals surface area contributed by atoms with Gasteiger partial charge in [-0.1, -0.05) is 6.07 Å². The Morgan fingerprint density at radius 3 is 2.33 bits per heavy atom. The van der Waals surface area contributed by atoms with Gasteiger partial charge in [-0.15, -0.1) is 0 Å². The van der Waals surface area contributed by atoms with Crippen LogP contribution in [0, 0.1) is 0 Å². The van der Waals surface area contributed by atoms with Crippen LogP contribution in [0.25, 0.3) is 11.3 Å². The third-order valence-electron chi connectivity index (χ3n) is 4.25. The predicted molar refractivity (Wildman–Crippen MR) is 83.2 cm³/mol. The first kappa shape index (κ1) is 14.2. The van der Waals surface area contributed by atoms with Gasteiger partial charge in [0, 0.05) is 29.6 Å². The van der Waals surface area contributed by atoms with Gasteiger partial charge in [0.15, 0.2) is 0 Å². The van der Waals surface area contributed by atoms with Gasteiger partial charge in [0.05, 0.1) is 16.9 Å². The van der Waals surface area contributed by atoms with E-state index in [-0.39, 0.29) is 11.2 Å². The van der Waals surface area contributed by atoms with Crippen LogP contribution in [0.4, 0.5) is 0 Å². The average Bonchev–Trinajstić information content (AvgIpc) is 2.69. The molecule has 3 rings (SSSR count). The maximum absolute atomic E-state index is 6.06. The van der Waals surface area contributed by atoms with Crippen LogP contribution in [-0.4, -0.2) is 28.3 Å². The summed E-state index contributed by atoms with van der Waals surface area (Å²) >= 11 is 0. The monoisotopic (exact) mass is 282 g/mol. The maximum Gasteiger partial charge on any atom is 0.496 e. The van der Waals surface area contributed by atoms with Gasteiger partial charge in [-0.05, 0) is 45.9 Å². The number of hydrogen-bond acceptors (Lipinski definition) is 4. The normalized spacial score (nSPS) is 19.7. The van der Waals surface area contributed by atoms with Gasteiger partial charge in [-0.25, -0.2) is 0 Å². The number of hydrogen-bond donors (Lipinski definition) is 0. The standard InChI is InChI=1S/C16H19BN2O2/c1-15(2)16(3,4)21-17(20-15)13-9-12(10-18-11-13)14-7-5-6-8-19-14/h5-11H,1-4H3. The quantitative estimate of drug-likeness (QED) is 0.794. The molecule has 2 aromatic rings. The zero-order valence-electron chi connectivity index (χ0n) is 12.8. The molecule has 0 bridgehead atoms. The molecule has 21 heavy (non-hydrogen) atoms. The lowest BCUT2D eigenvalue weighted by Gasteiger charge is -2.32. The Morgan fingerprint density at radius 1 is 1.00 bits per heavy atom. The fourth-order valence-corrected chi connectivity index (χ4v) is 2.24. The first-order chi connectivity index (χ1) is 9.89. The van der Waals surface area contributed by atoms with Gasteiger partial charge >= 0.3 is 7.12 Å². The van der Waals surface area contributed by atoms with Crippen molar-refractivity contribution in [2.75, 3.05) is 0 Å². The van der Waals surface area contributed by atoms with Crippen molar-refractivity contribution >= 4 is 12.6 Å². The minimum absolute atomic E-state index is 0.349. The van der Waals surface area contributed by atoms with E-state index in [1.807, 2.05) is 52.0 Å². The van der Waals surface area contributed by atoms with Crippen LogP contribution >= 0.6 is 0 Å². The summed E-state index contributed by atoms with van der Waals surface area (Å²) in [6.45, 7) is 8.18. The highest BCUT2D eigenvalue weighted by Gasteiger charge is 2.51. The summed E-state index contributed by atoms with van der Waals surface area (Å²) < 4.78 is 12.1. The van der Waals surface area contributed by atoms with Gasteiger partial charge in [0.25, 0.3) is 0 Å². The zero-order valence-corrected chi connectivity index (χ0v) is 12.8. The molecule has 5 heteroatoms. The summed E-state index contributed by atoms with van der Waals surface area (Å²) in [7, 11) is -0.397. The van der Waals surface area contributed by atoms with Crippen LogP contribution in [0.5, 0.6) is 0 Å². The van der Waals surface area contributed by atoms with Crippen molar-refractivity contribution in [3.8, 4) is 11.3 Å². The van der Waals surface area contributed by atoms with E-state index in [0.29, 0.717) is 0 Å². The van der Waals surface area contributed by atoms with Crippen LogP contribution in [0.2, 0.25) is 0 Å². The van der Waals surface area contributed by atoms with Crippen molar-refractivity contribution in [1.29, 1.82) is 0 Å². The summed E-state index contributed by atoms with van der Waals surface area (Å²) in [5, 5.41) is 0. The Hall–Kier alpha value is -1.72. The Balaban J connectivity index is 1.92. The lowest BCUT2D eigenvalue weighted by Crippen LogP contribution is -2.41. The second-order valence-corrected chi connectivity index (χ2v) is 6.31. The Labute approximate surface area is 125 Å². The molecule has 0 saturated carbocycles. The smallest absolute Gasteiger partial charge is 0.399 e. The minimum Gasteiger partial charge on any atom is -0.399 e. The molecule has 108 valence electrons. The highest BCUT2D eigenvalue weighted by atomic mass is 16.7. The molecule has 3 heterocycles. The van der Waals surface area contributed by atoms with E-state index in [1.165, 1.54) is 0 Å². The third-order valence-corrected chi connectivity index (χ3v) is 4.25. The molecule has 1 aliphatic heterocycles. The Morgan fingerprint density at radius 2 is 1.71 bits per heavy atom. The lowest BCUT2D eigenvalue weighted by atomic mass is 9.79. The van der Waals surface area contributed by atoms with Gasteiger partial charge in [0.1, 0.15) is 0 Å². The van der Waals surface area contributed by atoms with E-state index in [2.05, 4.69) is 9.97 Å². The molecule has 0 aromatic carbocycles. The van der Waals surface area contributed by atoms with Gasteiger partial charge < -0.3 is 9.31 Å². The molecule has 1 fully saturated rings. The fraction of sp³-hybridized carbons (Fsp3) is 0.375. The summed E-state index contributed by atoms with van der Waals surface area (Å²) in [6.07, 6.45) is 5.36. The molecule has 0 aliphatic carbocycles. The summed E-state index contributed by atoms with van der Waals surface area (Å²) in [4.78, 5) is 8.65. The van der Waals surface area contributed by atoms with E-state index in [9.17, 15) is 0 Å². The van der Waals surface area contributed by atoms with Crippen molar-refractivity contribution < 1.29 is 9.31 Å². The Kier molecular flexibility index (Phi) is 3.34. The molecular weight excluding hydrogens is 263 g/mol. The highest BCUT2D eigenvalue weighted by Crippen LogP contribution is 2.36. The van der Waals surface area contributed by atoms with E-state index >= 15 is 0 Å². The molecule has 0 N–H and O–H groups in total. The number of pyridine rings is 2. The number of nitrogens with zero attached hydrogens (tertiary/aromatic N) is 2. The highest BCUT2D eigenvalue weighted by molar-refractivity contribution is 6.62. The molecule has 0 atom stereocenters. The average molecular weight is 282 g/mol. The second kappa shape index (κ2) is 4.93. The molecule has 0 spiro atoms. The van der Waals surface area contributed by atoms with Gasteiger partial charge in [-0.3, -0.25) is 9.97 Å². The molecule has 0 unspecified atom stereocenters. The topological polar surface area (TPSA) is 44.2 Å². The summed E-state index contributed by atoms with van der Waals surface area (Å²) in [5.74, 6) is 0. The molecule has 1 saturated heterocycles. The Bertz CT molecular complexity index is 628. The largest absolute Gasteiger partial charge is 0.496 e. The molecule has 0 amide bonds. The summed E-state index contributed by atoms with van der Waals surface area (Å²) in [6, 6.07) is 7.85. The van der Waals surface area contributed by atoms with Crippen LogP contribution in [0.3, 0.4) is 0 Å². The van der Waals surface area contributed by atoms with E-state index in [4.69, 9.17) is 9.31 Å². The fourth-order valence-electron chi connectivity index (χ4n) is 2.24. The molecule has 2 aromatic heterocycles. The maximum atomic E-state index is 6.06. The van der Waals surface area contributed by atoms with Crippen molar-refractivity contribution in [2.24, 2.45) is 0 Å². The summed E-state index contributed by atoms with van der Waals surface area (Å²) in [5.41, 5.74) is 2.07. The zero-order chi connectivity index (χ0) is 15.1. The first-order valence-corrected chi connectivity index (χ1v) is 7.11. The number of aromatic nitrogens is 2. The minimum atomic E-state index is -0.397. The van der Waals surface area contributed by atoms with Crippen LogP contribution in [0.15, 0.2) is 42.9 Å². The second-order valence-electron chi connectivity index (χ2n) is 6.31. The SMILES string of the molecule is CC1(C)OB(c2cncc(-c3ccccn3)c2)OC1(C)C. The van der Waals surface area contributed by atoms with Gasteiger partial charge in [0.2, 0.25) is 0 Å². The number of rotatable bonds is 2. The molecule has 4 nitrogen and oxygen atoms in total. The van der Waals surface area contributed by atoms with E-state index in [1.54, 1.807) is 18.6 Å². The van der Waals surface area contributed by atoms with Crippen LogP contribution < -0.4 is 5.46 Å². The van der Waals surface area contributed by atoms with Crippen LogP contribution in [0.1, 0.15) is 27.7 Å².